The van der Waals surface area contributed by atoms with Gasteiger partial charge in [-0.3, -0.25) is 4.79 Å². The Hall–Kier alpha value is -2.81. The third-order valence-corrected chi connectivity index (χ3v) is 3.53. The van der Waals surface area contributed by atoms with Gasteiger partial charge in [0.1, 0.15) is 24.2 Å². The van der Waals surface area contributed by atoms with E-state index in [4.69, 9.17) is 9.84 Å². The van der Waals surface area contributed by atoms with Gasteiger partial charge in [0.2, 0.25) is 0 Å². The third kappa shape index (κ3) is 2.90. The average Bonchev–Trinajstić information content (AvgIpc) is 3.08. The SMILES string of the molecule is O=C(O)[C@H]1COCCN1C(=O)c1ccc(-n2cncn2)c(F)c1. The summed E-state index contributed by atoms with van der Waals surface area (Å²) in [6.45, 7) is 0.303. The summed E-state index contributed by atoms with van der Waals surface area (Å²) in [6.07, 6.45) is 2.60. The smallest absolute Gasteiger partial charge is 0.328 e. The Bertz CT molecular complexity index is 734. The van der Waals surface area contributed by atoms with Gasteiger partial charge in [0.25, 0.3) is 5.91 Å². The van der Waals surface area contributed by atoms with E-state index in [1.807, 2.05) is 0 Å². The van der Waals surface area contributed by atoms with Gasteiger partial charge in [0.05, 0.1) is 13.2 Å². The number of nitrogens with zero attached hydrogens (tertiary/aromatic N) is 4. The van der Waals surface area contributed by atoms with Crippen molar-refractivity contribution >= 4 is 11.9 Å². The van der Waals surface area contributed by atoms with Crippen molar-refractivity contribution < 1.29 is 23.8 Å². The number of carbonyl (C=O) groups is 2. The van der Waals surface area contributed by atoms with Crippen LogP contribution >= 0.6 is 0 Å². The van der Waals surface area contributed by atoms with Gasteiger partial charge in [0.15, 0.2) is 6.04 Å². The molecule has 1 aromatic carbocycles. The molecule has 0 bridgehead atoms. The maximum absolute atomic E-state index is 14.2. The molecule has 120 valence electrons. The minimum Gasteiger partial charge on any atom is -0.480 e. The highest BCUT2D eigenvalue weighted by atomic mass is 19.1. The summed E-state index contributed by atoms with van der Waals surface area (Å²) in [5.74, 6) is -2.36. The Morgan fingerprint density at radius 1 is 1.39 bits per heavy atom. The third-order valence-electron chi connectivity index (χ3n) is 3.53. The van der Waals surface area contributed by atoms with Crippen LogP contribution in [0.5, 0.6) is 0 Å². The zero-order valence-corrected chi connectivity index (χ0v) is 11.9. The van der Waals surface area contributed by atoms with E-state index in [9.17, 15) is 14.0 Å². The number of morpholine rings is 1. The molecular formula is C14H13FN4O4. The Kier molecular flexibility index (Phi) is 4.02. The molecule has 0 spiro atoms. The summed E-state index contributed by atoms with van der Waals surface area (Å²) < 4.78 is 20.5. The Labute approximate surface area is 130 Å². The molecule has 8 nitrogen and oxygen atoms in total. The molecule has 1 N–H and O–H groups in total. The molecule has 1 aliphatic rings. The molecule has 1 aromatic heterocycles. The molecule has 1 fully saturated rings. The second-order valence-electron chi connectivity index (χ2n) is 4.93. The topological polar surface area (TPSA) is 97.6 Å². The van der Waals surface area contributed by atoms with Gasteiger partial charge >= 0.3 is 5.97 Å². The zero-order chi connectivity index (χ0) is 16.4. The van der Waals surface area contributed by atoms with Gasteiger partial charge < -0.3 is 14.7 Å². The van der Waals surface area contributed by atoms with E-state index in [0.29, 0.717) is 0 Å². The predicted molar refractivity (Wildman–Crippen MR) is 74.6 cm³/mol. The van der Waals surface area contributed by atoms with Gasteiger partial charge in [-0.15, -0.1) is 0 Å². The first-order valence-corrected chi connectivity index (χ1v) is 6.84. The number of hydrogen-bond donors (Lipinski definition) is 1. The largest absolute Gasteiger partial charge is 0.480 e. The highest BCUT2D eigenvalue weighted by Crippen LogP contribution is 2.18. The van der Waals surface area contributed by atoms with E-state index >= 15 is 0 Å². The number of carboxylic acid groups (broad SMARTS) is 1. The summed E-state index contributed by atoms with van der Waals surface area (Å²) >= 11 is 0. The fourth-order valence-electron chi connectivity index (χ4n) is 2.38. The number of rotatable bonds is 3. The van der Waals surface area contributed by atoms with Crippen LogP contribution in [0.3, 0.4) is 0 Å². The summed E-state index contributed by atoms with van der Waals surface area (Å²) in [6, 6.07) is 2.81. The number of ether oxygens (including phenoxy) is 1. The first-order chi connectivity index (χ1) is 11.1. The summed E-state index contributed by atoms with van der Waals surface area (Å²) in [7, 11) is 0. The number of carboxylic acids is 1. The van der Waals surface area contributed by atoms with Crippen molar-refractivity contribution in [2.24, 2.45) is 0 Å². The van der Waals surface area contributed by atoms with E-state index in [-0.39, 0.29) is 31.0 Å². The van der Waals surface area contributed by atoms with Crippen molar-refractivity contribution in [1.82, 2.24) is 19.7 Å². The molecule has 3 rings (SSSR count). The molecule has 0 aliphatic carbocycles. The van der Waals surface area contributed by atoms with Crippen molar-refractivity contribution in [3.05, 3.63) is 42.2 Å². The molecule has 1 aliphatic heterocycles. The van der Waals surface area contributed by atoms with Crippen molar-refractivity contribution in [1.29, 1.82) is 0 Å². The van der Waals surface area contributed by atoms with Crippen molar-refractivity contribution in [2.45, 2.75) is 6.04 Å². The van der Waals surface area contributed by atoms with E-state index in [1.165, 1.54) is 34.4 Å². The minimum atomic E-state index is -1.15. The molecule has 0 saturated carbocycles. The van der Waals surface area contributed by atoms with Gasteiger partial charge in [-0.2, -0.15) is 5.10 Å². The molecule has 1 atom stereocenters. The van der Waals surface area contributed by atoms with Crippen LogP contribution in [0.15, 0.2) is 30.9 Å². The van der Waals surface area contributed by atoms with Gasteiger partial charge in [-0.25, -0.2) is 18.9 Å². The molecular weight excluding hydrogens is 307 g/mol. The zero-order valence-electron chi connectivity index (χ0n) is 11.9. The first kappa shape index (κ1) is 15.1. The summed E-state index contributed by atoms with van der Waals surface area (Å²) in [5, 5.41) is 13.0. The number of aliphatic carboxylic acids is 1. The Morgan fingerprint density at radius 3 is 2.87 bits per heavy atom. The maximum Gasteiger partial charge on any atom is 0.328 e. The maximum atomic E-state index is 14.2. The molecule has 1 saturated heterocycles. The molecule has 1 amide bonds. The Balaban J connectivity index is 1.87. The highest BCUT2D eigenvalue weighted by molar-refractivity contribution is 5.97. The number of halogens is 1. The van der Waals surface area contributed by atoms with Crippen LogP contribution in [-0.4, -0.2) is 62.4 Å². The molecule has 9 heteroatoms. The predicted octanol–water partition coefficient (Wildman–Crippen LogP) is 0.332. The molecule has 2 aromatic rings. The average molecular weight is 320 g/mol. The number of aromatic nitrogens is 3. The van der Waals surface area contributed by atoms with Crippen LogP contribution in [0.4, 0.5) is 4.39 Å². The molecule has 0 radical (unpaired) electrons. The number of hydrogen-bond acceptors (Lipinski definition) is 5. The van der Waals surface area contributed by atoms with E-state index in [0.717, 1.165) is 6.07 Å². The lowest BCUT2D eigenvalue weighted by Crippen LogP contribution is -2.52. The monoisotopic (exact) mass is 320 g/mol. The second kappa shape index (κ2) is 6.13. The first-order valence-electron chi connectivity index (χ1n) is 6.84. The van der Waals surface area contributed by atoms with Crippen molar-refractivity contribution in [3.63, 3.8) is 0 Å². The van der Waals surface area contributed by atoms with Gasteiger partial charge in [0, 0.05) is 12.1 Å². The van der Waals surface area contributed by atoms with Gasteiger partial charge in [-0.1, -0.05) is 0 Å². The summed E-state index contributed by atoms with van der Waals surface area (Å²) in [4.78, 5) is 28.6. The van der Waals surface area contributed by atoms with Crippen LogP contribution < -0.4 is 0 Å². The van der Waals surface area contributed by atoms with E-state index < -0.39 is 23.7 Å². The fourth-order valence-corrected chi connectivity index (χ4v) is 2.38. The normalized spacial score (nSPS) is 18.0. The number of benzene rings is 1. The van der Waals surface area contributed by atoms with Crippen LogP contribution in [0.2, 0.25) is 0 Å². The number of amides is 1. The van der Waals surface area contributed by atoms with E-state index in [1.54, 1.807) is 0 Å². The number of carbonyl (C=O) groups excluding carboxylic acids is 1. The lowest BCUT2D eigenvalue weighted by molar-refractivity contribution is -0.147. The van der Waals surface area contributed by atoms with E-state index in [2.05, 4.69) is 10.1 Å². The van der Waals surface area contributed by atoms with Crippen molar-refractivity contribution in [3.8, 4) is 5.69 Å². The quantitative estimate of drug-likeness (QED) is 0.875. The van der Waals surface area contributed by atoms with Crippen LogP contribution in [-0.2, 0) is 9.53 Å². The molecule has 23 heavy (non-hydrogen) atoms. The van der Waals surface area contributed by atoms with Gasteiger partial charge in [-0.05, 0) is 18.2 Å². The Morgan fingerprint density at radius 2 is 2.22 bits per heavy atom. The minimum absolute atomic E-state index is 0.0690. The lowest BCUT2D eigenvalue weighted by atomic mass is 10.1. The lowest BCUT2D eigenvalue weighted by Gasteiger charge is -2.32. The highest BCUT2D eigenvalue weighted by Gasteiger charge is 2.33. The van der Waals surface area contributed by atoms with Crippen molar-refractivity contribution in [2.75, 3.05) is 19.8 Å². The van der Waals surface area contributed by atoms with Crippen LogP contribution in [0.25, 0.3) is 5.69 Å². The van der Waals surface area contributed by atoms with Crippen LogP contribution in [0, 0.1) is 5.82 Å². The molecule has 0 unspecified atom stereocenters. The second-order valence-corrected chi connectivity index (χ2v) is 4.93. The van der Waals surface area contributed by atoms with Crippen LogP contribution in [0.1, 0.15) is 10.4 Å². The summed E-state index contributed by atoms with van der Waals surface area (Å²) in [5.41, 5.74) is 0.218. The molecule has 2 heterocycles. The standard InChI is InChI=1S/C14H13FN4O4/c15-10-5-9(1-2-11(10)19-8-16-7-17-19)13(20)18-3-4-23-6-12(18)14(21)22/h1-2,5,7-8,12H,3-4,6H2,(H,21,22)/t12-/m1/s1. The fraction of sp³-hybridized carbons (Fsp3) is 0.286.